The third kappa shape index (κ3) is 4.07. The van der Waals surface area contributed by atoms with Gasteiger partial charge in [-0.15, -0.1) is 0 Å². The lowest BCUT2D eigenvalue weighted by molar-refractivity contribution is -0.311. The highest BCUT2D eigenvalue weighted by Gasteiger charge is 2.67. The molecule has 4 unspecified atom stereocenters. The predicted octanol–water partition coefficient (Wildman–Crippen LogP) is 7.64. The number of carbonyl (C=O) groups is 2. The first kappa shape index (κ1) is 27.2. The first-order chi connectivity index (χ1) is 20.7. The molecule has 0 radical (unpaired) electrons. The molecule has 0 amide bonds. The number of Topliss-reactive ketones (excluding diaryl/α,β-unsaturated/α-hetero) is 1. The minimum atomic E-state index is -0.525. The lowest BCUT2D eigenvalue weighted by Crippen LogP contribution is -2.61. The molecule has 12 aliphatic carbocycles. The minimum absolute atomic E-state index is 0.0520. The summed E-state index contributed by atoms with van der Waals surface area (Å²) < 4.78 is 20.6. The van der Waals surface area contributed by atoms with Crippen LogP contribution in [0.25, 0.3) is 0 Å². The van der Waals surface area contributed by atoms with E-state index in [0.717, 1.165) is 86.4 Å². The molecule has 0 N–H and O–H groups in total. The Bertz CT molecular complexity index is 1050. The van der Waals surface area contributed by atoms with Crippen LogP contribution in [0.2, 0.25) is 0 Å². The summed E-state index contributed by atoms with van der Waals surface area (Å²) in [4.78, 5) is 27.9. The first-order valence-corrected chi connectivity index (χ1v) is 18.7. The van der Waals surface area contributed by atoms with Gasteiger partial charge in [0.05, 0.1) is 11.5 Å². The van der Waals surface area contributed by atoms with Gasteiger partial charge >= 0.3 is 5.97 Å². The molecular weight excluding hydrogens is 536 g/mol. The number of hydrogen-bond acceptors (Lipinski definition) is 5. The topological polar surface area (TPSA) is 61.8 Å². The standard InChI is InChI=1S/C38H54O5/c1-35-12-28-10-29(19-35)38(30(11-28)20-35)42-31(2-3-33(39)36-13-22-4-23(14-36)6-24(5-22)15-36)32(43-38)21-41-34(40)37-16-25-7-26(17-37)9-27(8-25)18-37/h22-32H,2-21H2,1H3. The van der Waals surface area contributed by atoms with Gasteiger partial charge in [-0.2, -0.15) is 0 Å². The summed E-state index contributed by atoms with van der Waals surface area (Å²) in [5.74, 6) is 6.27. The molecular formula is C38H54O5. The van der Waals surface area contributed by atoms with Crippen LogP contribution in [-0.4, -0.2) is 36.4 Å². The van der Waals surface area contributed by atoms with Gasteiger partial charge in [-0.3, -0.25) is 9.59 Å². The quantitative estimate of drug-likeness (QED) is 0.285. The van der Waals surface area contributed by atoms with E-state index in [1.807, 2.05) is 0 Å². The Morgan fingerprint density at radius 2 is 1.07 bits per heavy atom. The fourth-order valence-corrected chi connectivity index (χ4v) is 15.4. The van der Waals surface area contributed by atoms with Crippen LogP contribution >= 0.6 is 0 Å². The van der Waals surface area contributed by atoms with Crippen LogP contribution in [0.4, 0.5) is 0 Å². The smallest absolute Gasteiger partial charge is 0.312 e. The molecule has 1 saturated heterocycles. The van der Waals surface area contributed by atoms with E-state index in [2.05, 4.69) is 6.92 Å². The molecule has 0 aromatic carbocycles. The van der Waals surface area contributed by atoms with Crippen LogP contribution < -0.4 is 0 Å². The SMILES string of the molecule is CC12CC3CC(C1)C1(OC(CCC(=O)C45CC6CC(CC(C6)C4)C5)C(COC(=O)C45CC6CC(CC(C6)C4)C5)O1)C(C3)C2. The molecule has 43 heavy (non-hydrogen) atoms. The van der Waals surface area contributed by atoms with Gasteiger partial charge in [0.2, 0.25) is 0 Å². The van der Waals surface area contributed by atoms with Gasteiger partial charge in [0.15, 0.2) is 5.79 Å². The monoisotopic (exact) mass is 590 g/mol. The summed E-state index contributed by atoms with van der Waals surface area (Å²) in [6.07, 6.45) is 21.7. The van der Waals surface area contributed by atoms with E-state index in [9.17, 15) is 9.59 Å². The van der Waals surface area contributed by atoms with Crippen molar-refractivity contribution >= 4 is 11.8 Å². The molecule has 13 rings (SSSR count). The van der Waals surface area contributed by atoms with Crippen molar-refractivity contribution in [3.8, 4) is 0 Å². The predicted molar refractivity (Wildman–Crippen MR) is 161 cm³/mol. The zero-order valence-electron chi connectivity index (χ0n) is 26.5. The Labute approximate surface area is 258 Å². The molecule has 13 aliphatic rings. The Hall–Kier alpha value is -0.940. The maximum atomic E-state index is 14.1. The van der Waals surface area contributed by atoms with Crippen LogP contribution in [0.1, 0.15) is 129 Å². The molecule has 1 spiro atoms. The Kier molecular flexibility index (Phi) is 5.76. The first-order valence-electron chi connectivity index (χ1n) is 18.7. The Morgan fingerprint density at radius 1 is 0.605 bits per heavy atom. The number of rotatable bonds is 7. The van der Waals surface area contributed by atoms with Gasteiger partial charge < -0.3 is 14.2 Å². The zero-order chi connectivity index (χ0) is 28.8. The molecule has 236 valence electrons. The van der Waals surface area contributed by atoms with Crippen molar-refractivity contribution in [3.05, 3.63) is 0 Å². The van der Waals surface area contributed by atoms with Crippen molar-refractivity contribution in [2.75, 3.05) is 6.61 Å². The highest BCUT2D eigenvalue weighted by atomic mass is 16.8. The Balaban J connectivity index is 0.875. The zero-order valence-corrected chi connectivity index (χ0v) is 26.5. The summed E-state index contributed by atoms with van der Waals surface area (Å²) >= 11 is 0. The second-order valence-electron chi connectivity index (χ2n) is 19.1. The molecule has 12 saturated carbocycles. The third-order valence-electron chi connectivity index (χ3n) is 15.9. The van der Waals surface area contributed by atoms with Crippen molar-refractivity contribution in [3.63, 3.8) is 0 Å². The average Bonchev–Trinajstić information content (AvgIpc) is 3.30. The van der Waals surface area contributed by atoms with E-state index in [0.29, 0.717) is 36.1 Å². The van der Waals surface area contributed by atoms with Crippen LogP contribution in [-0.2, 0) is 23.8 Å². The highest BCUT2D eigenvalue weighted by Crippen LogP contribution is 2.67. The van der Waals surface area contributed by atoms with Gasteiger partial charge in [0, 0.05) is 23.7 Å². The van der Waals surface area contributed by atoms with E-state index in [1.54, 1.807) is 0 Å². The van der Waals surface area contributed by atoms with Crippen molar-refractivity contribution in [1.29, 1.82) is 0 Å². The van der Waals surface area contributed by atoms with E-state index < -0.39 is 5.79 Å². The van der Waals surface area contributed by atoms with E-state index in [-0.39, 0.29) is 29.0 Å². The van der Waals surface area contributed by atoms with Crippen LogP contribution in [0.3, 0.4) is 0 Å². The molecule has 1 heterocycles. The molecule has 1 aliphatic heterocycles. The van der Waals surface area contributed by atoms with Crippen LogP contribution in [0, 0.1) is 69.5 Å². The van der Waals surface area contributed by atoms with Gasteiger partial charge in [-0.25, -0.2) is 0 Å². The highest BCUT2D eigenvalue weighted by molar-refractivity contribution is 5.85. The minimum Gasteiger partial charge on any atom is -0.462 e. The number of ether oxygens (including phenoxy) is 3. The number of hydrogen-bond donors (Lipinski definition) is 0. The normalized spacial score (nSPS) is 58.1. The maximum absolute atomic E-state index is 14.1. The number of ketones is 1. The van der Waals surface area contributed by atoms with Gasteiger partial charge in [0.25, 0.3) is 0 Å². The fraction of sp³-hybridized carbons (Fsp3) is 0.947. The van der Waals surface area contributed by atoms with Gasteiger partial charge in [-0.05, 0) is 162 Å². The molecule has 12 bridgehead atoms. The third-order valence-corrected chi connectivity index (χ3v) is 15.9. The Morgan fingerprint density at radius 3 is 1.58 bits per heavy atom. The number of carbonyl (C=O) groups excluding carboxylic acids is 2. The van der Waals surface area contributed by atoms with Crippen LogP contribution in [0.15, 0.2) is 0 Å². The summed E-state index contributed by atoms with van der Waals surface area (Å²) in [7, 11) is 0. The van der Waals surface area contributed by atoms with E-state index >= 15 is 0 Å². The van der Waals surface area contributed by atoms with Gasteiger partial charge in [-0.1, -0.05) is 6.92 Å². The summed E-state index contributed by atoms with van der Waals surface area (Å²) in [6, 6.07) is 0. The average molecular weight is 591 g/mol. The van der Waals surface area contributed by atoms with Crippen molar-refractivity contribution in [1.82, 2.24) is 0 Å². The van der Waals surface area contributed by atoms with Gasteiger partial charge in [0.1, 0.15) is 18.5 Å². The molecule has 5 heteroatoms. The van der Waals surface area contributed by atoms with Crippen LogP contribution in [0.5, 0.6) is 0 Å². The van der Waals surface area contributed by atoms with E-state index in [1.165, 1.54) is 70.6 Å². The van der Waals surface area contributed by atoms with Crippen molar-refractivity contribution < 1.29 is 23.8 Å². The molecule has 4 atom stereocenters. The fourth-order valence-electron chi connectivity index (χ4n) is 15.4. The number of esters is 1. The second kappa shape index (κ2) is 9.11. The second-order valence-corrected chi connectivity index (χ2v) is 19.1. The molecule has 5 nitrogen and oxygen atoms in total. The van der Waals surface area contributed by atoms with E-state index in [4.69, 9.17) is 14.2 Å². The van der Waals surface area contributed by atoms with Crippen molar-refractivity contribution in [2.24, 2.45) is 69.5 Å². The summed E-state index contributed by atoms with van der Waals surface area (Å²) in [6.45, 7) is 2.80. The molecule has 0 aromatic rings. The summed E-state index contributed by atoms with van der Waals surface area (Å²) in [5, 5.41) is 0. The lowest BCUT2D eigenvalue weighted by atomic mass is 9.48. The van der Waals surface area contributed by atoms with Crippen molar-refractivity contribution in [2.45, 2.75) is 147 Å². The molecule has 13 fully saturated rings. The molecule has 0 aromatic heterocycles. The summed E-state index contributed by atoms with van der Waals surface area (Å²) in [5.41, 5.74) is 0.137. The largest absolute Gasteiger partial charge is 0.462 e. The lowest BCUT2D eigenvalue weighted by Gasteiger charge is -2.62. The maximum Gasteiger partial charge on any atom is 0.312 e.